The fourth-order valence-corrected chi connectivity index (χ4v) is 3.13. The van der Waals surface area contributed by atoms with Crippen LogP contribution >= 0.6 is 23.2 Å². The number of rotatable bonds is 5. The molecule has 0 saturated heterocycles. The van der Waals surface area contributed by atoms with Gasteiger partial charge in [0.1, 0.15) is 12.7 Å². The Morgan fingerprint density at radius 1 is 1.15 bits per heavy atom. The molecule has 0 saturated carbocycles. The predicted molar refractivity (Wildman–Crippen MR) is 108 cm³/mol. The summed E-state index contributed by atoms with van der Waals surface area (Å²) in [5.74, 6) is -0.140. The van der Waals surface area contributed by atoms with E-state index in [4.69, 9.17) is 23.2 Å². The first-order chi connectivity index (χ1) is 13.0. The van der Waals surface area contributed by atoms with Gasteiger partial charge in [-0.05, 0) is 42.8 Å². The van der Waals surface area contributed by atoms with Gasteiger partial charge in [0.2, 0.25) is 5.91 Å². The maximum Gasteiger partial charge on any atom is 0.246 e. The summed E-state index contributed by atoms with van der Waals surface area (Å²) in [5.41, 5.74) is 2.55. The van der Waals surface area contributed by atoms with Crippen molar-refractivity contribution in [2.45, 2.75) is 13.0 Å². The molecule has 2 aromatic carbocycles. The molecule has 1 atom stereocenters. The van der Waals surface area contributed by atoms with E-state index in [1.54, 1.807) is 47.2 Å². The van der Waals surface area contributed by atoms with E-state index in [0.717, 1.165) is 11.3 Å². The Morgan fingerprint density at radius 2 is 1.81 bits per heavy atom. The van der Waals surface area contributed by atoms with Crippen molar-refractivity contribution in [3.8, 4) is 5.69 Å². The molecule has 5 nitrogen and oxygen atoms in total. The molecule has 138 valence electrons. The van der Waals surface area contributed by atoms with E-state index in [9.17, 15) is 4.79 Å². The van der Waals surface area contributed by atoms with Gasteiger partial charge in [0.15, 0.2) is 0 Å². The Balaban J connectivity index is 1.72. The molecule has 0 N–H and O–H groups in total. The van der Waals surface area contributed by atoms with Crippen LogP contribution in [0.4, 0.5) is 0 Å². The zero-order valence-corrected chi connectivity index (χ0v) is 16.4. The molecule has 1 amide bonds. The van der Waals surface area contributed by atoms with Crippen LogP contribution in [-0.4, -0.2) is 32.6 Å². The first kappa shape index (κ1) is 19.1. The molecule has 3 aromatic rings. The number of nitrogens with zero attached hydrogens (tertiary/aromatic N) is 4. The van der Waals surface area contributed by atoms with Crippen LogP contribution in [0.3, 0.4) is 0 Å². The third-order valence-electron chi connectivity index (χ3n) is 4.38. The predicted octanol–water partition coefficient (Wildman–Crippen LogP) is 4.81. The third-order valence-corrected chi connectivity index (χ3v) is 5.04. The van der Waals surface area contributed by atoms with Crippen molar-refractivity contribution < 1.29 is 4.79 Å². The van der Waals surface area contributed by atoms with Gasteiger partial charge in [0, 0.05) is 28.7 Å². The average molecular weight is 401 g/mol. The number of benzene rings is 2. The number of carbonyl (C=O) groups is 1. The van der Waals surface area contributed by atoms with E-state index >= 15 is 0 Å². The number of aromatic nitrogens is 3. The van der Waals surface area contributed by atoms with Crippen LogP contribution in [-0.2, 0) is 4.79 Å². The lowest BCUT2D eigenvalue weighted by molar-refractivity contribution is -0.126. The zero-order valence-electron chi connectivity index (χ0n) is 14.9. The molecule has 0 spiro atoms. The van der Waals surface area contributed by atoms with Gasteiger partial charge in [-0.1, -0.05) is 41.4 Å². The topological polar surface area (TPSA) is 51.0 Å². The van der Waals surface area contributed by atoms with Crippen LogP contribution in [0, 0.1) is 0 Å². The van der Waals surface area contributed by atoms with E-state index in [0.29, 0.717) is 15.6 Å². The van der Waals surface area contributed by atoms with Gasteiger partial charge in [-0.25, -0.2) is 9.67 Å². The van der Waals surface area contributed by atoms with Crippen molar-refractivity contribution >= 4 is 35.2 Å². The molecule has 27 heavy (non-hydrogen) atoms. The van der Waals surface area contributed by atoms with Gasteiger partial charge < -0.3 is 4.90 Å². The van der Waals surface area contributed by atoms with Gasteiger partial charge in [-0.15, -0.1) is 0 Å². The van der Waals surface area contributed by atoms with Crippen LogP contribution in [0.15, 0.2) is 61.2 Å². The lowest BCUT2D eigenvalue weighted by atomic mass is 10.1. The van der Waals surface area contributed by atoms with Gasteiger partial charge in [0.05, 0.1) is 11.7 Å². The molecule has 1 aromatic heterocycles. The van der Waals surface area contributed by atoms with Crippen molar-refractivity contribution in [3.63, 3.8) is 0 Å². The first-order valence-electron chi connectivity index (χ1n) is 8.31. The summed E-state index contributed by atoms with van der Waals surface area (Å²) in [7, 11) is 1.76. The third kappa shape index (κ3) is 4.38. The lowest BCUT2D eigenvalue weighted by Gasteiger charge is -2.24. The second kappa shape index (κ2) is 8.37. The Kier molecular flexibility index (Phi) is 5.94. The smallest absolute Gasteiger partial charge is 0.246 e. The fourth-order valence-electron chi connectivity index (χ4n) is 2.60. The van der Waals surface area contributed by atoms with Gasteiger partial charge in [-0.2, -0.15) is 5.10 Å². The molecule has 0 bridgehead atoms. The summed E-state index contributed by atoms with van der Waals surface area (Å²) < 4.78 is 1.68. The largest absolute Gasteiger partial charge is 0.335 e. The number of likely N-dealkylation sites (N-methyl/N-ethyl adjacent to an activating group) is 1. The van der Waals surface area contributed by atoms with E-state index in [1.807, 2.05) is 31.2 Å². The molecular formula is C20H18Cl2N4O. The van der Waals surface area contributed by atoms with Crippen molar-refractivity contribution in [1.82, 2.24) is 19.7 Å². The Morgan fingerprint density at radius 3 is 2.41 bits per heavy atom. The van der Waals surface area contributed by atoms with Crippen molar-refractivity contribution in [2.75, 3.05) is 7.05 Å². The molecule has 0 aliphatic heterocycles. The number of amides is 1. The first-order valence-corrected chi connectivity index (χ1v) is 9.07. The van der Waals surface area contributed by atoms with Crippen molar-refractivity contribution in [1.29, 1.82) is 0 Å². The second-order valence-electron chi connectivity index (χ2n) is 6.03. The van der Waals surface area contributed by atoms with E-state index in [-0.39, 0.29) is 11.9 Å². The molecule has 0 aliphatic carbocycles. The average Bonchev–Trinajstić information content (AvgIpc) is 3.21. The lowest BCUT2D eigenvalue weighted by Crippen LogP contribution is -2.28. The van der Waals surface area contributed by atoms with Crippen LogP contribution in [0.1, 0.15) is 24.1 Å². The molecule has 3 rings (SSSR count). The Labute approximate surface area is 167 Å². The van der Waals surface area contributed by atoms with E-state index in [2.05, 4.69) is 10.1 Å². The minimum absolute atomic E-state index is 0.103. The van der Waals surface area contributed by atoms with Crippen molar-refractivity contribution in [2.24, 2.45) is 0 Å². The summed E-state index contributed by atoms with van der Waals surface area (Å²) in [4.78, 5) is 18.1. The van der Waals surface area contributed by atoms with Gasteiger partial charge in [0.25, 0.3) is 0 Å². The molecular weight excluding hydrogens is 383 g/mol. The molecule has 1 heterocycles. The summed E-state index contributed by atoms with van der Waals surface area (Å²) in [6.07, 6.45) is 6.25. The van der Waals surface area contributed by atoms with E-state index < -0.39 is 0 Å². The minimum Gasteiger partial charge on any atom is -0.335 e. The summed E-state index contributed by atoms with van der Waals surface area (Å²) in [6, 6.07) is 13.0. The highest BCUT2D eigenvalue weighted by atomic mass is 35.5. The van der Waals surface area contributed by atoms with Gasteiger partial charge in [-0.3, -0.25) is 4.79 Å². The number of halogens is 2. The fraction of sp³-hybridized carbons (Fsp3) is 0.150. The SMILES string of the molecule is CC(c1ccc(-n2cncn2)cc1)N(C)C(=O)/C=C/c1c(Cl)cccc1Cl. The minimum atomic E-state index is -0.140. The second-order valence-corrected chi connectivity index (χ2v) is 6.84. The summed E-state index contributed by atoms with van der Waals surface area (Å²) >= 11 is 12.3. The highest BCUT2D eigenvalue weighted by Crippen LogP contribution is 2.26. The highest BCUT2D eigenvalue weighted by molar-refractivity contribution is 6.37. The standard InChI is InChI=1S/C20H18Cl2N4O/c1-14(15-6-8-16(9-7-15)26-13-23-12-24-26)25(2)20(27)11-10-17-18(21)4-3-5-19(17)22/h3-14H,1-2H3/b11-10+. The number of carbonyl (C=O) groups excluding carboxylic acids is 1. The van der Waals surface area contributed by atoms with E-state index in [1.165, 1.54) is 12.4 Å². The van der Waals surface area contributed by atoms with Crippen LogP contribution in [0.5, 0.6) is 0 Å². The normalized spacial score (nSPS) is 12.3. The maximum atomic E-state index is 12.5. The quantitative estimate of drug-likeness (QED) is 0.577. The summed E-state index contributed by atoms with van der Waals surface area (Å²) in [5, 5.41) is 5.11. The van der Waals surface area contributed by atoms with Crippen LogP contribution in [0.25, 0.3) is 11.8 Å². The zero-order chi connectivity index (χ0) is 19.4. The molecule has 7 heteroatoms. The summed E-state index contributed by atoms with van der Waals surface area (Å²) in [6.45, 7) is 1.97. The van der Waals surface area contributed by atoms with Crippen LogP contribution < -0.4 is 0 Å². The Hall–Kier alpha value is -2.63. The van der Waals surface area contributed by atoms with Crippen molar-refractivity contribution in [3.05, 3.63) is 82.4 Å². The maximum absolute atomic E-state index is 12.5. The number of hydrogen-bond donors (Lipinski definition) is 0. The molecule has 0 aliphatic rings. The van der Waals surface area contributed by atoms with Crippen LogP contribution in [0.2, 0.25) is 10.0 Å². The monoisotopic (exact) mass is 400 g/mol. The molecule has 0 fully saturated rings. The highest BCUT2D eigenvalue weighted by Gasteiger charge is 2.16. The number of hydrogen-bond acceptors (Lipinski definition) is 3. The molecule has 0 radical (unpaired) electrons. The Bertz CT molecular complexity index is 932. The van der Waals surface area contributed by atoms with Gasteiger partial charge >= 0.3 is 0 Å². The molecule has 1 unspecified atom stereocenters.